The van der Waals surface area contributed by atoms with Crippen LogP contribution >= 0.6 is 11.6 Å². The van der Waals surface area contributed by atoms with Crippen LogP contribution < -0.4 is 10.9 Å². The van der Waals surface area contributed by atoms with Gasteiger partial charge in [-0.25, -0.2) is 13.8 Å². The molecule has 1 saturated heterocycles. The molecule has 1 aromatic carbocycles. The Morgan fingerprint density at radius 1 is 1.11 bits per heavy atom. The molecule has 4 rings (SSSR count). The highest BCUT2D eigenvalue weighted by Crippen LogP contribution is 2.32. The summed E-state index contributed by atoms with van der Waals surface area (Å²) < 4.78 is 34.2. The van der Waals surface area contributed by atoms with E-state index in [-0.39, 0.29) is 28.9 Å². The van der Waals surface area contributed by atoms with Crippen LogP contribution in [-0.4, -0.2) is 59.2 Å². The summed E-state index contributed by atoms with van der Waals surface area (Å²) in [6.07, 6.45) is 2.17. The van der Waals surface area contributed by atoms with Crippen molar-refractivity contribution < 1.29 is 23.1 Å². The quantitative estimate of drug-likeness (QED) is 0.184. The number of amides is 1. The molecular weight excluding hydrogens is 614 g/mol. The Morgan fingerprint density at radius 3 is 2.41 bits per heavy atom. The normalized spacial score (nSPS) is 16.4. The smallest absolute Gasteiger partial charge is 0.308 e. The first-order valence-electron chi connectivity index (χ1n) is 15.7. The van der Waals surface area contributed by atoms with Crippen LogP contribution in [0.5, 0.6) is 0 Å². The van der Waals surface area contributed by atoms with Crippen molar-refractivity contribution in [1.29, 1.82) is 0 Å². The summed E-state index contributed by atoms with van der Waals surface area (Å²) in [5.41, 5.74) is 4.53. The van der Waals surface area contributed by atoms with Crippen molar-refractivity contribution in [3.8, 4) is 11.1 Å². The van der Waals surface area contributed by atoms with Gasteiger partial charge in [-0.15, -0.1) is 0 Å². The second-order valence-electron chi connectivity index (χ2n) is 12.7. The summed E-state index contributed by atoms with van der Waals surface area (Å²) in [6, 6.07) is 5.95. The fourth-order valence-electron chi connectivity index (χ4n) is 6.21. The zero-order valence-electron chi connectivity index (χ0n) is 27.3. The van der Waals surface area contributed by atoms with Gasteiger partial charge in [-0.2, -0.15) is 0 Å². The number of halogens is 3. The van der Waals surface area contributed by atoms with Gasteiger partial charge in [0.1, 0.15) is 23.2 Å². The standard InChI is InChI=1S/C35H43ClF2N4O4/c1-20(2)11-30(42-18-24(21(3)14-32(42)43)7-9-41-10-8-26(37)19-41)35(45)40-29(17-33(44)46-6)28-15-25(16-31(36)39-28)34-22(4)12-27(38)13-23(34)5/h12-16,18,20,26,29-30H,7-11,17,19H2,1-6H3,(H,40,45)/t26-,29+,30?/m1/s1. The van der Waals surface area contributed by atoms with Crippen molar-refractivity contribution in [2.24, 2.45) is 5.92 Å². The second kappa shape index (κ2) is 15.3. The van der Waals surface area contributed by atoms with Crippen LogP contribution in [0.2, 0.25) is 5.15 Å². The van der Waals surface area contributed by atoms with Crippen LogP contribution in [0.4, 0.5) is 8.78 Å². The summed E-state index contributed by atoms with van der Waals surface area (Å²) in [5, 5.41) is 3.09. The van der Waals surface area contributed by atoms with Gasteiger partial charge < -0.3 is 19.5 Å². The maximum atomic E-state index is 14.1. The molecule has 0 aliphatic carbocycles. The molecule has 3 heterocycles. The SMILES string of the molecule is COC(=O)C[C@H](NC(=O)C(CC(C)C)n1cc(CCN2CC[C@@H](F)C2)c(C)cc1=O)c1cc(-c2c(C)cc(F)cc2C)cc(Cl)n1. The van der Waals surface area contributed by atoms with E-state index >= 15 is 0 Å². The molecule has 11 heteroatoms. The number of carbonyl (C=O) groups is 2. The maximum absolute atomic E-state index is 14.1. The van der Waals surface area contributed by atoms with Crippen molar-refractivity contribution in [2.75, 3.05) is 26.7 Å². The average molecular weight is 657 g/mol. The number of nitrogens with one attached hydrogen (secondary N) is 1. The van der Waals surface area contributed by atoms with Crippen molar-refractivity contribution >= 4 is 23.5 Å². The molecule has 248 valence electrons. The highest BCUT2D eigenvalue weighted by molar-refractivity contribution is 6.29. The molecule has 3 atom stereocenters. The molecular formula is C35H43ClF2N4O4. The van der Waals surface area contributed by atoms with E-state index in [9.17, 15) is 23.2 Å². The third kappa shape index (κ3) is 8.79. The fourth-order valence-corrected chi connectivity index (χ4v) is 6.42. The lowest BCUT2D eigenvalue weighted by molar-refractivity contribution is -0.141. The molecule has 0 bridgehead atoms. The van der Waals surface area contributed by atoms with Crippen LogP contribution in [0.1, 0.15) is 73.1 Å². The van der Waals surface area contributed by atoms with E-state index in [0.29, 0.717) is 61.3 Å². The average Bonchev–Trinajstić information content (AvgIpc) is 3.39. The highest BCUT2D eigenvalue weighted by atomic mass is 35.5. The molecule has 0 saturated carbocycles. The number of benzene rings is 1. The molecule has 2 aromatic heterocycles. The number of hydrogen-bond acceptors (Lipinski definition) is 6. The Kier molecular flexibility index (Phi) is 11.7. The van der Waals surface area contributed by atoms with Gasteiger partial charge in [0.2, 0.25) is 5.91 Å². The second-order valence-corrected chi connectivity index (χ2v) is 13.1. The summed E-state index contributed by atoms with van der Waals surface area (Å²) in [7, 11) is 1.26. The van der Waals surface area contributed by atoms with E-state index in [1.165, 1.54) is 29.9 Å². The molecule has 1 aliphatic heterocycles. The number of carbonyl (C=O) groups excluding carboxylic acids is 2. The lowest BCUT2D eigenvalue weighted by Gasteiger charge is -2.26. The largest absolute Gasteiger partial charge is 0.469 e. The van der Waals surface area contributed by atoms with Crippen molar-refractivity contribution in [2.45, 2.75) is 78.6 Å². The molecule has 1 amide bonds. The Bertz CT molecular complexity index is 1620. The number of nitrogens with zero attached hydrogens (tertiary/aromatic N) is 3. The topological polar surface area (TPSA) is 93.5 Å². The first-order valence-corrected chi connectivity index (χ1v) is 16.0. The fraction of sp³-hybridized carbons (Fsp3) is 0.486. The van der Waals surface area contributed by atoms with Crippen molar-refractivity contribution in [3.05, 3.63) is 85.8 Å². The van der Waals surface area contributed by atoms with Crippen molar-refractivity contribution in [1.82, 2.24) is 19.8 Å². The number of hydrogen-bond donors (Lipinski definition) is 1. The van der Waals surface area contributed by atoms with E-state index < -0.39 is 30.1 Å². The Labute approximate surface area is 274 Å². The van der Waals surface area contributed by atoms with Crippen LogP contribution in [0.15, 0.2) is 41.3 Å². The minimum atomic E-state index is -0.933. The number of rotatable bonds is 12. The number of ether oxygens (including phenoxy) is 1. The monoisotopic (exact) mass is 656 g/mol. The summed E-state index contributed by atoms with van der Waals surface area (Å²) in [4.78, 5) is 46.5. The van der Waals surface area contributed by atoms with Gasteiger partial charge in [0.25, 0.3) is 5.56 Å². The van der Waals surface area contributed by atoms with Gasteiger partial charge in [-0.1, -0.05) is 25.4 Å². The van der Waals surface area contributed by atoms with Gasteiger partial charge in [0.05, 0.1) is 25.3 Å². The maximum Gasteiger partial charge on any atom is 0.308 e. The van der Waals surface area contributed by atoms with Gasteiger partial charge >= 0.3 is 5.97 Å². The van der Waals surface area contributed by atoms with Gasteiger partial charge in [-0.3, -0.25) is 14.4 Å². The molecule has 1 fully saturated rings. The molecule has 0 spiro atoms. The number of aromatic nitrogens is 2. The molecule has 1 N–H and O–H groups in total. The first-order chi connectivity index (χ1) is 21.7. The van der Waals surface area contributed by atoms with E-state index in [1.54, 1.807) is 32.2 Å². The lowest BCUT2D eigenvalue weighted by Crippen LogP contribution is -2.40. The Balaban J connectivity index is 1.69. The predicted octanol–water partition coefficient (Wildman–Crippen LogP) is 6.22. The van der Waals surface area contributed by atoms with E-state index in [0.717, 1.165) is 16.7 Å². The number of esters is 1. The Hall–Kier alpha value is -3.63. The van der Waals surface area contributed by atoms with Gasteiger partial charge in [0.15, 0.2) is 0 Å². The summed E-state index contributed by atoms with van der Waals surface area (Å²) >= 11 is 6.47. The molecule has 8 nitrogen and oxygen atoms in total. The van der Waals surface area contributed by atoms with Gasteiger partial charge in [0, 0.05) is 31.9 Å². The molecule has 1 aliphatic rings. The zero-order chi connectivity index (χ0) is 33.7. The highest BCUT2D eigenvalue weighted by Gasteiger charge is 2.29. The molecule has 3 aromatic rings. The number of methoxy groups -OCH3 is 1. The van der Waals surface area contributed by atoms with Crippen LogP contribution in [0.3, 0.4) is 0 Å². The Morgan fingerprint density at radius 2 is 1.80 bits per heavy atom. The molecule has 0 radical (unpaired) electrons. The summed E-state index contributed by atoms with van der Waals surface area (Å²) in [6.45, 7) is 11.1. The third-order valence-electron chi connectivity index (χ3n) is 8.51. The molecule has 46 heavy (non-hydrogen) atoms. The molecule has 1 unspecified atom stereocenters. The minimum Gasteiger partial charge on any atom is -0.469 e. The number of aryl methyl sites for hydroxylation is 3. The van der Waals surface area contributed by atoms with E-state index in [2.05, 4.69) is 15.2 Å². The van der Waals surface area contributed by atoms with Crippen LogP contribution in [-0.2, 0) is 20.7 Å². The summed E-state index contributed by atoms with van der Waals surface area (Å²) in [5.74, 6) is -1.34. The van der Waals surface area contributed by atoms with E-state index in [1.807, 2.05) is 20.8 Å². The minimum absolute atomic E-state index is 0.0536. The number of pyridine rings is 2. The third-order valence-corrected chi connectivity index (χ3v) is 8.71. The van der Waals surface area contributed by atoms with Crippen LogP contribution in [0.25, 0.3) is 11.1 Å². The zero-order valence-corrected chi connectivity index (χ0v) is 28.1. The van der Waals surface area contributed by atoms with Crippen LogP contribution in [0, 0.1) is 32.5 Å². The van der Waals surface area contributed by atoms with E-state index in [4.69, 9.17) is 16.3 Å². The van der Waals surface area contributed by atoms with Crippen molar-refractivity contribution in [3.63, 3.8) is 0 Å². The predicted molar refractivity (Wildman–Crippen MR) is 175 cm³/mol. The lowest BCUT2D eigenvalue weighted by atomic mass is 9.94. The number of alkyl halides is 1. The van der Waals surface area contributed by atoms with Gasteiger partial charge in [-0.05, 0) is 104 Å². The first kappa shape index (κ1) is 35.2. The number of likely N-dealkylation sites (tertiary alicyclic amines) is 1.